The van der Waals surface area contributed by atoms with Gasteiger partial charge in [0.25, 0.3) is 0 Å². The van der Waals surface area contributed by atoms with Crippen molar-refractivity contribution in [2.75, 3.05) is 5.32 Å². The summed E-state index contributed by atoms with van der Waals surface area (Å²) in [5.74, 6) is -1.75. The Bertz CT molecular complexity index is 356. The highest BCUT2D eigenvalue weighted by atomic mass is 19.2. The zero-order valence-corrected chi connectivity index (χ0v) is 8.21. The molecule has 2 atom stereocenters. The zero-order chi connectivity index (χ0) is 10.8. The number of rotatable bonds is 2. The normalized spacial score (nSPS) is 25.5. The van der Waals surface area contributed by atoms with E-state index in [1.54, 1.807) is 0 Å². The number of halogens is 2. The SMILES string of the molecule is OC1CCCC1Nc1cccc(F)c1F. The van der Waals surface area contributed by atoms with Gasteiger partial charge in [-0.05, 0) is 31.4 Å². The first-order valence-corrected chi connectivity index (χ1v) is 5.07. The fourth-order valence-corrected chi connectivity index (χ4v) is 1.92. The summed E-state index contributed by atoms with van der Waals surface area (Å²) in [5, 5.41) is 12.4. The largest absolute Gasteiger partial charge is 0.391 e. The molecule has 0 aliphatic heterocycles. The van der Waals surface area contributed by atoms with Crippen LogP contribution in [0.2, 0.25) is 0 Å². The van der Waals surface area contributed by atoms with Crippen LogP contribution in [-0.2, 0) is 0 Å². The molecule has 4 heteroatoms. The molecule has 0 bridgehead atoms. The van der Waals surface area contributed by atoms with E-state index in [-0.39, 0.29) is 11.7 Å². The molecule has 0 aromatic heterocycles. The second-order valence-electron chi connectivity index (χ2n) is 3.85. The topological polar surface area (TPSA) is 32.3 Å². The van der Waals surface area contributed by atoms with Gasteiger partial charge in [0, 0.05) is 0 Å². The van der Waals surface area contributed by atoms with Gasteiger partial charge in [-0.25, -0.2) is 8.78 Å². The first kappa shape index (κ1) is 10.4. The maximum atomic E-state index is 13.3. The van der Waals surface area contributed by atoms with Crippen LogP contribution in [0.15, 0.2) is 18.2 Å². The van der Waals surface area contributed by atoms with Gasteiger partial charge >= 0.3 is 0 Å². The number of hydrogen-bond donors (Lipinski definition) is 2. The van der Waals surface area contributed by atoms with E-state index in [0.29, 0.717) is 6.42 Å². The standard InChI is InChI=1S/C11H13F2NO/c12-7-3-1-5-9(11(7)13)14-8-4-2-6-10(8)15/h1,3,5,8,10,14-15H,2,4,6H2. The molecule has 1 aromatic rings. The Balaban J connectivity index is 2.13. The summed E-state index contributed by atoms with van der Waals surface area (Å²) in [6.45, 7) is 0. The number of hydrogen-bond acceptors (Lipinski definition) is 2. The zero-order valence-electron chi connectivity index (χ0n) is 8.21. The fourth-order valence-electron chi connectivity index (χ4n) is 1.92. The van der Waals surface area contributed by atoms with Crippen LogP contribution in [0.5, 0.6) is 0 Å². The molecule has 2 N–H and O–H groups in total. The van der Waals surface area contributed by atoms with E-state index < -0.39 is 17.7 Å². The number of nitrogens with one attached hydrogen (secondary N) is 1. The maximum Gasteiger partial charge on any atom is 0.181 e. The Kier molecular flexibility index (Phi) is 2.86. The van der Waals surface area contributed by atoms with Crippen LogP contribution in [0.3, 0.4) is 0 Å². The molecule has 1 fully saturated rings. The average Bonchev–Trinajstić information content (AvgIpc) is 2.60. The van der Waals surface area contributed by atoms with Gasteiger partial charge in [-0.3, -0.25) is 0 Å². The molecule has 2 unspecified atom stereocenters. The quantitative estimate of drug-likeness (QED) is 0.790. The van der Waals surface area contributed by atoms with Crippen molar-refractivity contribution in [2.45, 2.75) is 31.4 Å². The van der Waals surface area contributed by atoms with Crippen LogP contribution in [0, 0.1) is 11.6 Å². The van der Waals surface area contributed by atoms with Crippen molar-refractivity contribution in [2.24, 2.45) is 0 Å². The number of anilines is 1. The Morgan fingerprint density at radius 2 is 2.07 bits per heavy atom. The lowest BCUT2D eigenvalue weighted by molar-refractivity contribution is 0.171. The minimum Gasteiger partial charge on any atom is -0.391 e. The lowest BCUT2D eigenvalue weighted by Gasteiger charge is -2.18. The van der Waals surface area contributed by atoms with E-state index in [4.69, 9.17) is 0 Å². The van der Waals surface area contributed by atoms with Gasteiger partial charge in [0.2, 0.25) is 0 Å². The molecule has 2 nitrogen and oxygen atoms in total. The van der Waals surface area contributed by atoms with Crippen molar-refractivity contribution in [3.05, 3.63) is 29.8 Å². The highest BCUT2D eigenvalue weighted by molar-refractivity contribution is 5.46. The minimum absolute atomic E-state index is 0.126. The van der Waals surface area contributed by atoms with Gasteiger partial charge in [0.15, 0.2) is 11.6 Å². The van der Waals surface area contributed by atoms with Crippen LogP contribution in [-0.4, -0.2) is 17.3 Å². The van der Waals surface area contributed by atoms with Gasteiger partial charge in [-0.1, -0.05) is 6.07 Å². The predicted octanol–water partition coefficient (Wildman–Crippen LogP) is 2.29. The fraction of sp³-hybridized carbons (Fsp3) is 0.455. The van der Waals surface area contributed by atoms with Crippen molar-refractivity contribution in [3.63, 3.8) is 0 Å². The number of aliphatic hydroxyl groups excluding tert-OH is 1. The van der Waals surface area contributed by atoms with E-state index in [0.717, 1.165) is 18.9 Å². The Hall–Kier alpha value is -1.16. The summed E-state index contributed by atoms with van der Waals surface area (Å²) in [7, 11) is 0. The molecule has 0 heterocycles. The Morgan fingerprint density at radius 1 is 1.27 bits per heavy atom. The molecule has 0 amide bonds. The lowest BCUT2D eigenvalue weighted by Crippen LogP contribution is -2.28. The van der Waals surface area contributed by atoms with Crippen molar-refractivity contribution in [3.8, 4) is 0 Å². The molecule has 1 aromatic carbocycles. The van der Waals surface area contributed by atoms with Gasteiger partial charge in [0.1, 0.15) is 0 Å². The van der Waals surface area contributed by atoms with Crippen molar-refractivity contribution in [1.29, 1.82) is 0 Å². The first-order chi connectivity index (χ1) is 7.18. The summed E-state index contributed by atoms with van der Waals surface area (Å²) in [5.41, 5.74) is 0.126. The second kappa shape index (κ2) is 4.14. The molecule has 1 aliphatic carbocycles. The lowest BCUT2D eigenvalue weighted by atomic mass is 10.2. The van der Waals surface area contributed by atoms with Crippen molar-refractivity contribution >= 4 is 5.69 Å². The number of aliphatic hydroxyl groups is 1. The first-order valence-electron chi connectivity index (χ1n) is 5.07. The highest BCUT2D eigenvalue weighted by Crippen LogP contribution is 2.25. The average molecular weight is 213 g/mol. The third-order valence-corrected chi connectivity index (χ3v) is 2.77. The van der Waals surface area contributed by atoms with Crippen LogP contribution < -0.4 is 5.32 Å². The van der Waals surface area contributed by atoms with Crippen LogP contribution in [0.1, 0.15) is 19.3 Å². The predicted molar refractivity (Wildman–Crippen MR) is 53.6 cm³/mol. The maximum absolute atomic E-state index is 13.3. The third kappa shape index (κ3) is 2.09. The van der Waals surface area contributed by atoms with E-state index in [2.05, 4.69) is 5.32 Å². The smallest absolute Gasteiger partial charge is 0.181 e. The Labute approximate surface area is 86.9 Å². The van der Waals surface area contributed by atoms with Crippen molar-refractivity contribution in [1.82, 2.24) is 0 Å². The molecule has 0 saturated heterocycles. The molecular formula is C11H13F2NO. The van der Waals surface area contributed by atoms with Gasteiger partial charge < -0.3 is 10.4 Å². The molecule has 0 spiro atoms. The molecule has 1 aliphatic rings. The van der Waals surface area contributed by atoms with Gasteiger partial charge in [-0.15, -0.1) is 0 Å². The molecule has 2 rings (SSSR count). The number of benzene rings is 1. The van der Waals surface area contributed by atoms with E-state index in [1.165, 1.54) is 12.1 Å². The summed E-state index contributed by atoms with van der Waals surface area (Å²) >= 11 is 0. The summed E-state index contributed by atoms with van der Waals surface area (Å²) < 4.78 is 26.1. The van der Waals surface area contributed by atoms with Crippen LogP contribution in [0.25, 0.3) is 0 Å². The molecular weight excluding hydrogens is 200 g/mol. The molecule has 0 radical (unpaired) electrons. The monoisotopic (exact) mass is 213 g/mol. The highest BCUT2D eigenvalue weighted by Gasteiger charge is 2.25. The minimum atomic E-state index is -0.878. The van der Waals surface area contributed by atoms with E-state index in [9.17, 15) is 13.9 Å². The van der Waals surface area contributed by atoms with Crippen molar-refractivity contribution < 1.29 is 13.9 Å². The van der Waals surface area contributed by atoms with Crippen LogP contribution in [0.4, 0.5) is 14.5 Å². The molecule has 15 heavy (non-hydrogen) atoms. The summed E-state index contributed by atoms with van der Waals surface area (Å²) in [4.78, 5) is 0. The summed E-state index contributed by atoms with van der Waals surface area (Å²) in [6, 6.07) is 3.83. The molecule has 82 valence electrons. The van der Waals surface area contributed by atoms with E-state index >= 15 is 0 Å². The second-order valence-corrected chi connectivity index (χ2v) is 3.85. The third-order valence-electron chi connectivity index (χ3n) is 2.77. The van der Waals surface area contributed by atoms with Crippen LogP contribution >= 0.6 is 0 Å². The van der Waals surface area contributed by atoms with E-state index in [1.807, 2.05) is 0 Å². The molecule has 1 saturated carbocycles. The summed E-state index contributed by atoms with van der Waals surface area (Å²) in [6.07, 6.45) is 1.95. The van der Waals surface area contributed by atoms with Gasteiger partial charge in [0.05, 0.1) is 17.8 Å². The Morgan fingerprint density at radius 3 is 2.73 bits per heavy atom. The van der Waals surface area contributed by atoms with Gasteiger partial charge in [-0.2, -0.15) is 0 Å².